The molecule has 45 heavy (non-hydrogen) atoms. The third-order valence-corrected chi connectivity index (χ3v) is 8.60. The normalized spacial score (nSPS) is 21.1. The van der Waals surface area contributed by atoms with E-state index in [-0.39, 0.29) is 62.5 Å². The van der Waals surface area contributed by atoms with Crippen molar-refractivity contribution >= 4 is 35.7 Å². The molecule has 3 N–H and O–H groups in total. The van der Waals surface area contributed by atoms with Crippen molar-refractivity contribution in [1.82, 2.24) is 25.1 Å². The molecule has 3 fully saturated rings. The van der Waals surface area contributed by atoms with Gasteiger partial charge in [0, 0.05) is 57.3 Å². The van der Waals surface area contributed by atoms with E-state index in [1.807, 2.05) is 30.0 Å². The number of nitrogens with one attached hydrogen (secondary N) is 1. The number of fused-ring (bicyclic) bond motifs is 1. The second-order valence-corrected chi connectivity index (χ2v) is 11.6. The number of aromatic nitrogens is 2. The summed E-state index contributed by atoms with van der Waals surface area (Å²) in [5.41, 5.74) is 0.674. The summed E-state index contributed by atoms with van der Waals surface area (Å²) in [6.07, 6.45) is 0.754. The molecule has 1 aromatic heterocycles. The van der Waals surface area contributed by atoms with Crippen LogP contribution in [0.15, 0.2) is 36.4 Å². The van der Waals surface area contributed by atoms with E-state index < -0.39 is 35.9 Å². The lowest BCUT2D eigenvalue weighted by atomic mass is 10.1. The minimum Gasteiger partial charge on any atom is -0.481 e. The van der Waals surface area contributed by atoms with Gasteiger partial charge in [0.05, 0.1) is 12.5 Å². The number of carboxylic acids is 2. The van der Waals surface area contributed by atoms with Crippen molar-refractivity contribution in [2.75, 3.05) is 50.8 Å². The number of nitrogens with zero attached hydrogens (tertiary/aromatic N) is 5. The number of carbonyl (C=O) groups excluding carboxylic acids is 3. The molecule has 1 aliphatic carbocycles. The van der Waals surface area contributed by atoms with E-state index >= 15 is 0 Å². The highest BCUT2D eigenvalue weighted by molar-refractivity contribution is 5.97. The molecule has 240 valence electrons. The maximum atomic E-state index is 13.6. The molecule has 4 atom stereocenters. The molecule has 3 amide bonds. The van der Waals surface area contributed by atoms with E-state index in [2.05, 4.69) is 15.3 Å². The Hall–Kier alpha value is -4.75. The number of ether oxygens (including phenoxy) is 1. The number of piperazine rings is 1. The predicted octanol–water partition coefficient (Wildman–Crippen LogP) is 1.95. The van der Waals surface area contributed by atoms with Crippen LogP contribution in [-0.2, 0) is 19.1 Å². The van der Waals surface area contributed by atoms with Crippen molar-refractivity contribution < 1.29 is 38.9 Å². The average molecular weight is 623 g/mol. The van der Waals surface area contributed by atoms with Crippen LogP contribution in [0.25, 0.3) is 11.4 Å². The highest BCUT2D eigenvalue weighted by Crippen LogP contribution is 2.52. The first-order valence-electron chi connectivity index (χ1n) is 15.3. The number of anilines is 1. The van der Waals surface area contributed by atoms with Crippen LogP contribution in [0.2, 0.25) is 0 Å². The Bertz CT molecular complexity index is 1420. The van der Waals surface area contributed by atoms with Crippen LogP contribution in [0.3, 0.4) is 0 Å². The minimum absolute atomic E-state index is 0.00183. The van der Waals surface area contributed by atoms with Gasteiger partial charge in [0.15, 0.2) is 5.82 Å². The van der Waals surface area contributed by atoms with E-state index in [9.17, 15) is 34.2 Å². The fourth-order valence-electron chi connectivity index (χ4n) is 5.99. The molecule has 0 radical (unpaired) electrons. The quantitative estimate of drug-likeness (QED) is 0.294. The van der Waals surface area contributed by atoms with Gasteiger partial charge in [0.2, 0.25) is 5.91 Å². The van der Waals surface area contributed by atoms with E-state index in [0.29, 0.717) is 36.9 Å². The van der Waals surface area contributed by atoms with Crippen molar-refractivity contribution in [3.8, 4) is 11.4 Å². The number of carboxylic acid groups (broad SMARTS) is 2. The summed E-state index contributed by atoms with van der Waals surface area (Å²) in [6, 6.07) is 9.48. The second-order valence-electron chi connectivity index (χ2n) is 11.6. The third-order valence-electron chi connectivity index (χ3n) is 8.60. The van der Waals surface area contributed by atoms with E-state index in [1.165, 1.54) is 15.9 Å². The molecule has 3 aliphatic rings. The number of hydrogen-bond donors (Lipinski definition) is 3. The fraction of sp³-hybridized carbons (Fsp3) is 0.516. The highest BCUT2D eigenvalue weighted by Gasteiger charge is 2.60. The van der Waals surface area contributed by atoms with E-state index in [0.717, 1.165) is 12.8 Å². The van der Waals surface area contributed by atoms with Gasteiger partial charge in [-0.1, -0.05) is 43.7 Å². The standard InChI is InChI=1S/C31H38N6O8/c1-2-3-15-45-31(44)36-13-11-35(12-14-36)29(41)22(9-10-25(38)39)33-28(40)23-16-24(34-27(32-23)19-7-5-4-6-8-19)37-17-20-21(18-37)26(20)30(42)43/h4-8,16,20-22,26H,2-3,9-15,17-18H2,1H3,(H,33,40)(H,38,39)(H,42,43)/t20-,21+,22-,26-/m0/s1. The van der Waals surface area contributed by atoms with Crippen molar-refractivity contribution in [2.45, 2.75) is 38.6 Å². The molecule has 2 saturated heterocycles. The van der Waals surface area contributed by atoms with Gasteiger partial charge >= 0.3 is 18.0 Å². The van der Waals surface area contributed by atoms with Crippen LogP contribution >= 0.6 is 0 Å². The molecule has 1 saturated carbocycles. The lowest BCUT2D eigenvalue weighted by Gasteiger charge is -2.36. The largest absolute Gasteiger partial charge is 0.481 e. The smallest absolute Gasteiger partial charge is 0.409 e. The number of rotatable bonds is 12. The second kappa shape index (κ2) is 13.9. The zero-order valence-corrected chi connectivity index (χ0v) is 25.1. The van der Waals surface area contributed by atoms with E-state index in [4.69, 9.17) is 4.74 Å². The number of benzene rings is 1. The van der Waals surface area contributed by atoms with Crippen LogP contribution < -0.4 is 10.2 Å². The zero-order valence-electron chi connectivity index (χ0n) is 25.1. The summed E-state index contributed by atoms with van der Waals surface area (Å²) >= 11 is 0. The monoisotopic (exact) mass is 622 g/mol. The summed E-state index contributed by atoms with van der Waals surface area (Å²) < 4.78 is 5.26. The lowest BCUT2D eigenvalue weighted by molar-refractivity contribution is -0.140. The third kappa shape index (κ3) is 7.49. The van der Waals surface area contributed by atoms with Crippen LogP contribution in [0, 0.1) is 17.8 Å². The molecule has 14 nitrogen and oxygen atoms in total. The summed E-state index contributed by atoms with van der Waals surface area (Å²) in [4.78, 5) is 76.5. The van der Waals surface area contributed by atoms with Gasteiger partial charge in [-0.15, -0.1) is 0 Å². The first-order chi connectivity index (χ1) is 21.7. The maximum absolute atomic E-state index is 13.6. The molecule has 0 spiro atoms. The summed E-state index contributed by atoms with van der Waals surface area (Å²) in [6.45, 7) is 4.25. The molecule has 0 bridgehead atoms. The molecular formula is C31H38N6O8. The SMILES string of the molecule is CCCCOC(=O)N1CCN(C(=O)[C@H](CCC(=O)O)NC(=O)c2cc(N3C[C@@H]4[C@H](C3)[C@@H]4C(=O)O)nc(-c3ccccc3)n2)CC1. The Labute approximate surface area is 260 Å². The van der Waals surface area contributed by atoms with Crippen LogP contribution in [0.4, 0.5) is 10.6 Å². The summed E-state index contributed by atoms with van der Waals surface area (Å²) in [5, 5.41) is 21.5. The minimum atomic E-state index is -1.13. The van der Waals surface area contributed by atoms with Crippen molar-refractivity contribution in [2.24, 2.45) is 17.8 Å². The number of amides is 3. The Balaban J connectivity index is 1.31. The first kappa shape index (κ1) is 31.7. The molecule has 3 heterocycles. The Kier molecular flexibility index (Phi) is 9.79. The molecule has 0 unspecified atom stereocenters. The topological polar surface area (TPSA) is 183 Å². The fourth-order valence-corrected chi connectivity index (χ4v) is 5.99. The number of carbonyl (C=O) groups is 5. The number of hydrogen-bond acceptors (Lipinski definition) is 9. The van der Waals surface area contributed by atoms with Gasteiger partial charge in [-0.3, -0.25) is 19.2 Å². The predicted molar refractivity (Wildman–Crippen MR) is 160 cm³/mol. The highest BCUT2D eigenvalue weighted by atomic mass is 16.6. The number of unbranched alkanes of at least 4 members (excludes halogenated alkanes) is 1. The summed E-state index contributed by atoms with van der Waals surface area (Å²) in [7, 11) is 0. The Morgan fingerprint density at radius 1 is 0.978 bits per heavy atom. The lowest BCUT2D eigenvalue weighted by Crippen LogP contribution is -2.56. The average Bonchev–Trinajstić information content (AvgIpc) is 3.56. The molecular weight excluding hydrogens is 584 g/mol. The molecule has 2 aromatic rings. The molecule has 14 heteroatoms. The number of aliphatic carboxylic acids is 2. The Morgan fingerprint density at radius 3 is 2.27 bits per heavy atom. The van der Waals surface area contributed by atoms with Crippen LogP contribution in [-0.4, -0.2) is 112 Å². The van der Waals surface area contributed by atoms with Crippen LogP contribution in [0.5, 0.6) is 0 Å². The van der Waals surface area contributed by atoms with Gasteiger partial charge in [0.25, 0.3) is 5.91 Å². The van der Waals surface area contributed by atoms with Gasteiger partial charge in [0.1, 0.15) is 17.6 Å². The Morgan fingerprint density at radius 2 is 1.64 bits per heavy atom. The molecule has 5 rings (SSSR count). The van der Waals surface area contributed by atoms with Crippen molar-refractivity contribution in [3.05, 3.63) is 42.1 Å². The zero-order chi connectivity index (χ0) is 32.1. The first-order valence-corrected chi connectivity index (χ1v) is 15.3. The van der Waals surface area contributed by atoms with Gasteiger partial charge in [-0.05, 0) is 24.7 Å². The van der Waals surface area contributed by atoms with E-state index in [1.54, 1.807) is 12.1 Å². The van der Waals surface area contributed by atoms with Gasteiger partial charge in [-0.25, -0.2) is 14.8 Å². The van der Waals surface area contributed by atoms with Crippen LogP contribution in [0.1, 0.15) is 43.1 Å². The van der Waals surface area contributed by atoms with Crippen molar-refractivity contribution in [3.63, 3.8) is 0 Å². The molecule has 2 aliphatic heterocycles. The van der Waals surface area contributed by atoms with Gasteiger partial charge < -0.3 is 35.0 Å². The van der Waals surface area contributed by atoms with Gasteiger partial charge in [-0.2, -0.15) is 0 Å². The molecule has 1 aromatic carbocycles. The number of piperidine rings is 1. The maximum Gasteiger partial charge on any atom is 0.409 e. The summed E-state index contributed by atoms with van der Waals surface area (Å²) in [5.74, 6) is -2.57. The van der Waals surface area contributed by atoms with Crippen molar-refractivity contribution in [1.29, 1.82) is 0 Å².